The molecule has 0 radical (unpaired) electrons. The lowest BCUT2D eigenvalue weighted by atomic mass is 10.1. The van der Waals surface area contributed by atoms with Gasteiger partial charge in [0.25, 0.3) is 0 Å². The Kier molecular flexibility index (Phi) is 3.14. The van der Waals surface area contributed by atoms with Gasteiger partial charge in [-0.25, -0.2) is 0 Å². The van der Waals surface area contributed by atoms with Gasteiger partial charge in [-0.2, -0.15) is 0 Å². The number of rotatable bonds is 3. The molecule has 62 valence electrons. The van der Waals surface area contributed by atoms with E-state index in [9.17, 15) is 0 Å². The maximum absolute atomic E-state index is 4.09. The molecule has 0 aromatic carbocycles. The summed E-state index contributed by atoms with van der Waals surface area (Å²) in [7, 11) is 0. The summed E-state index contributed by atoms with van der Waals surface area (Å²) in [6.07, 6.45) is 6.19. The van der Waals surface area contributed by atoms with E-state index in [0.717, 1.165) is 18.9 Å². The number of hydrogen-bond donors (Lipinski definition) is 1. The molecule has 2 heteroatoms. The Morgan fingerprint density at radius 2 is 2.45 bits per heavy atom. The van der Waals surface area contributed by atoms with Gasteiger partial charge in [-0.05, 0) is 18.8 Å². The second kappa shape index (κ2) is 4.16. The molecule has 0 atom stereocenters. The first-order chi connectivity index (χ1) is 5.29. The van der Waals surface area contributed by atoms with Crippen molar-refractivity contribution < 1.29 is 0 Å². The van der Waals surface area contributed by atoms with Crippen LogP contribution in [0.25, 0.3) is 0 Å². The Bertz CT molecular complexity index is 168. The predicted octanol–water partition coefficient (Wildman–Crippen LogP) is 1.94. The SMILES string of the molecule is CC(C)CCC1=CN=CCN1. The summed E-state index contributed by atoms with van der Waals surface area (Å²) >= 11 is 0. The van der Waals surface area contributed by atoms with Crippen LogP contribution in [0, 0.1) is 5.92 Å². The Labute approximate surface area is 68.4 Å². The monoisotopic (exact) mass is 152 g/mol. The second-order valence-electron chi connectivity index (χ2n) is 3.30. The highest BCUT2D eigenvalue weighted by atomic mass is 14.9. The maximum atomic E-state index is 4.09. The molecule has 2 nitrogen and oxygen atoms in total. The third-order valence-electron chi connectivity index (χ3n) is 1.75. The predicted molar refractivity (Wildman–Crippen MR) is 48.6 cm³/mol. The number of hydrogen-bond acceptors (Lipinski definition) is 2. The van der Waals surface area contributed by atoms with E-state index in [0.29, 0.717) is 0 Å². The summed E-state index contributed by atoms with van der Waals surface area (Å²) in [6, 6.07) is 0. The van der Waals surface area contributed by atoms with E-state index < -0.39 is 0 Å². The van der Waals surface area contributed by atoms with Gasteiger partial charge in [-0.3, -0.25) is 4.99 Å². The quantitative estimate of drug-likeness (QED) is 0.656. The fraction of sp³-hybridized carbons (Fsp3) is 0.667. The molecule has 0 bridgehead atoms. The molecule has 0 saturated heterocycles. The van der Waals surface area contributed by atoms with Crippen LogP contribution in [0.3, 0.4) is 0 Å². The Morgan fingerprint density at radius 1 is 1.64 bits per heavy atom. The first-order valence-corrected chi connectivity index (χ1v) is 4.23. The van der Waals surface area contributed by atoms with Crippen molar-refractivity contribution in [1.29, 1.82) is 0 Å². The van der Waals surface area contributed by atoms with Crippen LogP contribution in [-0.4, -0.2) is 12.8 Å². The van der Waals surface area contributed by atoms with Gasteiger partial charge in [-0.15, -0.1) is 0 Å². The molecule has 1 N–H and O–H groups in total. The van der Waals surface area contributed by atoms with Gasteiger partial charge in [0.1, 0.15) is 0 Å². The van der Waals surface area contributed by atoms with Crippen molar-refractivity contribution in [1.82, 2.24) is 5.32 Å². The maximum Gasteiger partial charge on any atom is 0.0501 e. The fourth-order valence-electron chi connectivity index (χ4n) is 1.01. The van der Waals surface area contributed by atoms with Crippen LogP contribution in [-0.2, 0) is 0 Å². The van der Waals surface area contributed by atoms with Crippen molar-refractivity contribution in [3.63, 3.8) is 0 Å². The lowest BCUT2D eigenvalue weighted by Crippen LogP contribution is -2.18. The van der Waals surface area contributed by atoms with E-state index in [1.54, 1.807) is 0 Å². The first-order valence-electron chi connectivity index (χ1n) is 4.23. The van der Waals surface area contributed by atoms with Crippen LogP contribution in [0.2, 0.25) is 0 Å². The van der Waals surface area contributed by atoms with E-state index in [-0.39, 0.29) is 0 Å². The van der Waals surface area contributed by atoms with Crippen LogP contribution in [0.5, 0.6) is 0 Å². The number of nitrogens with zero attached hydrogens (tertiary/aromatic N) is 1. The molecule has 1 aliphatic rings. The van der Waals surface area contributed by atoms with Crippen molar-refractivity contribution >= 4 is 6.21 Å². The Morgan fingerprint density at radius 3 is 3.00 bits per heavy atom. The minimum absolute atomic E-state index is 0.781. The largest absolute Gasteiger partial charge is 0.382 e. The average Bonchev–Trinajstić information content (AvgIpc) is 2.03. The van der Waals surface area contributed by atoms with Crippen LogP contribution in [0.1, 0.15) is 26.7 Å². The Balaban J connectivity index is 2.25. The van der Waals surface area contributed by atoms with Crippen molar-refractivity contribution in [2.75, 3.05) is 6.54 Å². The van der Waals surface area contributed by atoms with Crippen LogP contribution in [0.4, 0.5) is 0 Å². The topological polar surface area (TPSA) is 24.4 Å². The van der Waals surface area contributed by atoms with Gasteiger partial charge < -0.3 is 5.32 Å². The van der Waals surface area contributed by atoms with Crippen molar-refractivity contribution in [3.05, 3.63) is 11.9 Å². The summed E-state index contributed by atoms with van der Waals surface area (Å²) in [4.78, 5) is 4.09. The smallest absolute Gasteiger partial charge is 0.0501 e. The summed E-state index contributed by atoms with van der Waals surface area (Å²) < 4.78 is 0. The molecular formula is C9H16N2. The van der Waals surface area contributed by atoms with E-state index in [2.05, 4.69) is 24.2 Å². The highest BCUT2D eigenvalue weighted by molar-refractivity contribution is 5.62. The van der Waals surface area contributed by atoms with Crippen molar-refractivity contribution in [2.24, 2.45) is 10.9 Å². The summed E-state index contributed by atoms with van der Waals surface area (Å²) in [5.74, 6) is 0.781. The van der Waals surface area contributed by atoms with Crippen LogP contribution >= 0.6 is 0 Å². The van der Waals surface area contributed by atoms with E-state index in [1.807, 2.05) is 12.4 Å². The minimum Gasteiger partial charge on any atom is -0.382 e. The van der Waals surface area contributed by atoms with Gasteiger partial charge >= 0.3 is 0 Å². The molecule has 0 spiro atoms. The summed E-state index contributed by atoms with van der Waals surface area (Å²) in [5, 5.41) is 3.29. The molecule has 0 aromatic heterocycles. The lowest BCUT2D eigenvalue weighted by Gasteiger charge is -2.11. The number of aliphatic imine (C=N–C) groups is 1. The first kappa shape index (κ1) is 8.31. The molecule has 1 aliphatic heterocycles. The van der Waals surface area contributed by atoms with Gasteiger partial charge in [0, 0.05) is 18.1 Å². The normalized spacial score (nSPS) is 16.5. The van der Waals surface area contributed by atoms with Crippen molar-refractivity contribution in [3.8, 4) is 0 Å². The standard InChI is InChI=1S/C9H16N2/c1-8(2)3-4-9-7-10-5-6-11-9/h5,7-8,11H,3-4,6H2,1-2H3. The minimum atomic E-state index is 0.781. The average molecular weight is 152 g/mol. The molecule has 0 aromatic rings. The number of allylic oxidation sites excluding steroid dienone is 1. The van der Waals surface area contributed by atoms with E-state index >= 15 is 0 Å². The molecule has 0 amide bonds. The third kappa shape index (κ3) is 3.21. The summed E-state index contributed by atoms with van der Waals surface area (Å²) in [6.45, 7) is 5.38. The highest BCUT2D eigenvalue weighted by Gasteiger charge is 2.00. The van der Waals surface area contributed by atoms with Crippen molar-refractivity contribution in [2.45, 2.75) is 26.7 Å². The van der Waals surface area contributed by atoms with Gasteiger partial charge in [0.2, 0.25) is 0 Å². The molecule has 1 rings (SSSR count). The number of nitrogens with one attached hydrogen (secondary N) is 1. The summed E-state index contributed by atoms with van der Waals surface area (Å²) in [5.41, 5.74) is 1.28. The molecule has 0 fully saturated rings. The van der Waals surface area contributed by atoms with E-state index in [1.165, 1.54) is 12.1 Å². The zero-order valence-electron chi connectivity index (χ0n) is 7.30. The fourth-order valence-corrected chi connectivity index (χ4v) is 1.01. The zero-order valence-corrected chi connectivity index (χ0v) is 7.30. The highest BCUT2D eigenvalue weighted by Crippen LogP contribution is 2.09. The van der Waals surface area contributed by atoms with Gasteiger partial charge in [0.05, 0.1) is 6.54 Å². The molecular weight excluding hydrogens is 136 g/mol. The zero-order chi connectivity index (χ0) is 8.10. The Hall–Kier alpha value is -0.790. The van der Waals surface area contributed by atoms with Crippen LogP contribution in [0.15, 0.2) is 16.9 Å². The molecule has 0 aliphatic carbocycles. The third-order valence-corrected chi connectivity index (χ3v) is 1.75. The second-order valence-corrected chi connectivity index (χ2v) is 3.30. The van der Waals surface area contributed by atoms with Crippen LogP contribution < -0.4 is 5.32 Å². The molecule has 0 unspecified atom stereocenters. The van der Waals surface area contributed by atoms with Gasteiger partial charge in [0.15, 0.2) is 0 Å². The molecule has 11 heavy (non-hydrogen) atoms. The molecule has 0 saturated carbocycles. The van der Waals surface area contributed by atoms with Gasteiger partial charge in [-0.1, -0.05) is 13.8 Å². The van der Waals surface area contributed by atoms with E-state index in [4.69, 9.17) is 0 Å². The molecule has 1 heterocycles. The lowest BCUT2D eigenvalue weighted by molar-refractivity contribution is 0.570.